The van der Waals surface area contributed by atoms with Crippen LogP contribution in [0.15, 0.2) is 23.4 Å². The Labute approximate surface area is 109 Å². The van der Waals surface area contributed by atoms with Crippen molar-refractivity contribution in [3.63, 3.8) is 0 Å². The molecule has 0 bridgehead atoms. The average Bonchev–Trinajstić information content (AvgIpc) is 2.77. The Bertz CT molecular complexity index is 554. The predicted molar refractivity (Wildman–Crippen MR) is 66.3 cm³/mol. The highest BCUT2D eigenvalue weighted by Crippen LogP contribution is 2.26. The van der Waals surface area contributed by atoms with Crippen LogP contribution in [0.1, 0.15) is 17.5 Å². The molecule has 1 aliphatic rings. The highest BCUT2D eigenvalue weighted by Gasteiger charge is 2.18. The molecule has 3 amide bonds. The van der Waals surface area contributed by atoms with Crippen LogP contribution in [-0.4, -0.2) is 29.5 Å². The number of nitrogens with one attached hydrogen (secondary N) is 1. The molecule has 1 aromatic rings. The average molecular weight is 263 g/mol. The molecule has 2 rings (SSSR count). The highest BCUT2D eigenvalue weighted by atomic mass is 16.5. The highest BCUT2D eigenvalue weighted by molar-refractivity contribution is 6.04. The number of aryl methyl sites for hydroxylation is 1. The topological polar surface area (TPSA) is 114 Å². The number of nitrogens with zero attached hydrogens (tertiary/aromatic N) is 1. The summed E-state index contributed by atoms with van der Waals surface area (Å²) < 4.78 is 5.24. The number of carbonyl (C=O) groups is 2. The molecule has 0 aliphatic heterocycles. The third-order valence-corrected chi connectivity index (χ3v) is 2.77. The van der Waals surface area contributed by atoms with Gasteiger partial charge < -0.3 is 15.7 Å². The number of ether oxygens (including phenoxy) is 1. The summed E-state index contributed by atoms with van der Waals surface area (Å²) in [5, 5.41) is 13.9. The van der Waals surface area contributed by atoms with Crippen LogP contribution in [0.3, 0.4) is 0 Å². The molecule has 100 valence electrons. The molecule has 19 heavy (non-hydrogen) atoms. The van der Waals surface area contributed by atoms with E-state index in [2.05, 4.69) is 5.16 Å². The van der Waals surface area contributed by atoms with Crippen molar-refractivity contribution in [1.29, 1.82) is 0 Å². The van der Waals surface area contributed by atoms with E-state index in [-0.39, 0.29) is 6.61 Å². The number of imide groups is 1. The number of fused-ring (bicyclic) bond motifs is 1. The van der Waals surface area contributed by atoms with Crippen molar-refractivity contribution in [2.45, 2.75) is 12.8 Å². The van der Waals surface area contributed by atoms with Crippen LogP contribution in [0, 0.1) is 0 Å². The van der Waals surface area contributed by atoms with Crippen molar-refractivity contribution in [3.8, 4) is 5.75 Å². The summed E-state index contributed by atoms with van der Waals surface area (Å²) in [5.41, 5.74) is 7.34. The van der Waals surface area contributed by atoms with Gasteiger partial charge in [0.1, 0.15) is 5.75 Å². The zero-order valence-corrected chi connectivity index (χ0v) is 10.0. The lowest BCUT2D eigenvalue weighted by atomic mass is 10.1. The summed E-state index contributed by atoms with van der Waals surface area (Å²) in [5.74, 6) is -0.0943. The molecule has 0 spiro atoms. The monoisotopic (exact) mass is 263 g/mol. The predicted octanol–water partition coefficient (Wildman–Crippen LogP) is 0.385. The first-order valence-corrected chi connectivity index (χ1v) is 5.66. The Balaban J connectivity index is 2.00. The number of oxime groups is 1. The summed E-state index contributed by atoms with van der Waals surface area (Å²) in [6, 6.07) is 4.32. The zero-order chi connectivity index (χ0) is 13.8. The molecular formula is C12H13N3O4. The fraction of sp³-hybridized carbons (Fsp3) is 0.250. The number of urea groups is 1. The molecule has 0 saturated carbocycles. The lowest BCUT2D eigenvalue weighted by Gasteiger charge is -2.07. The Kier molecular flexibility index (Phi) is 3.65. The van der Waals surface area contributed by atoms with Crippen LogP contribution >= 0.6 is 0 Å². The Morgan fingerprint density at radius 3 is 2.89 bits per heavy atom. The smallest absolute Gasteiger partial charge is 0.318 e. The van der Waals surface area contributed by atoms with Gasteiger partial charge in [-0.1, -0.05) is 5.16 Å². The fourth-order valence-corrected chi connectivity index (χ4v) is 1.96. The van der Waals surface area contributed by atoms with Crippen molar-refractivity contribution in [2.24, 2.45) is 10.9 Å². The van der Waals surface area contributed by atoms with Gasteiger partial charge in [-0.3, -0.25) is 10.1 Å². The zero-order valence-electron chi connectivity index (χ0n) is 10.0. The largest absolute Gasteiger partial charge is 0.484 e. The van der Waals surface area contributed by atoms with Gasteiger partial charge >= 0.3 is 6.03 Å². The van der Waals surface area contributed by atoms with Crippen LogP contribution in [0.2, 0.25) is 0 Å². The standard InChI is InChI=1S/C12H13N3O4/c13-12(17)14-11(16)6-19-8-2-3-9-7(5-8)1-4-10(9)15-18/h2-3,5,18H,1,4,6H2,(H3,13,14,16,17)/b15-10+. The normalized spacial score (nSPS) is 15.1. The number of benzene rings is 1. The van der Waals surface area contributed by atoms with Crippen molar-refractivity contribution in [1.82, 2.24) is 5.32 Å². The number of amides is 3. The van der Waals surface area contributed by atoms with Gasteiger partial charge in [0.2, 0.25) is 0 Å². The first-order chi connectivity index (χ1) is 9.10. The lowest BCUT2D eigenvalue weighted by Crippen LogP contribution is -2.38. The Morgan fingerprint density at radius 2 is 2.21 bits per heavy atom. The van der Waals surface area contributed by atoms with Gasteiger partial charge in [0.15, 0.2) is 6.61 Å². The lowest BCUT2D eigenvalue weighted by molar-refractivity contribution is -0.121. The molecule has 0 aromatic heterocycles. The van der Waals surface area contributed by atoms with E-state index < -0.39 is 11.9 Å². The number of nitrogens with two attached hydrogens (primary N) is 1. The number of carbonyl (C=O) groups excluding carboxylic acids is 2. The van der Waals surface area contributed by atoms with E-state index in [1.54, 1.807) is 18.2 Å². The molecule has 0 saturated heterocycles. The van der Waals surface area contributed by atoms with Gasteiger partial charge in [-0.15, -0.1) is 0 Å². The molecule has 0 unspecified atom stereocenters. The number of primary amides is 1. The SMILES string of the molecule is NC(=O)NC(=O)COc1ccc2c(c1)CC/C2=N\O. The van der Waals surface area contributed by atoms with E-state index in [4.69, 9.17) is 15.7 Å². The first-order valence-electron chi connectivity index (χ1n) is 5.66. The van der Waals surface area contributed by atoms with Crippen molar-refractivity contribution >= 4 is 17.6 Å². The van der Waals surface area contributed by atoms with E-state index in [0.29, 0.717) is 17.9 Å². The maximum atomic E-state index is 11.2. The summed E-state index contributed by atoms with van der Waals surface area (Å²) in [4.78, 5) is 21.6. The van der Waals surface area contributed by atoms with Gasteiger partial charge in [-0.05, 0) is 36.6 Å². The molecule has 7 nitrogen and oxygen atoms in total. The minimum Gasteiger partial charge on any atom is -0.484 e. The summed E-state index contributed by atoms with van der Waals surface area (Å²) in [7, 11) is 0. The van der Waals surface area contributed by atoms with Crippen molar-refractivity contribution < 1.29 is 19.5 Å². The summed E-state index contributed by atoms with van der Waals surface area (Å²) in [6.07, 6.45) is 1.44. The third-order valence-electron chi connectivity index (χ3n) is 2.77. The second-order valence-corrected chi connectivity index (χ2v) is 4.07. The minimum atomic E-state index is -0.911. The van der Waals surface area contributed by atoms with E-state index in [9.17, 15) is 9.59 Å². The molecule has 7 heteroatoms. The first kappa shape index (κ1) is 12.9. The number of hydrogen-bond donors (Lipinski definition) is 3. The minimum absolute atomic E-state index is 0.289. The Hall–Kier alpha value is -2.57. The van der Waals surface area contributed by atoms with Crippen LogP contribution in [0.5, 0.6) is 5.75 Å². The number of rotatable bonds is 3. The molecule has 0 heterocycles. The van der Waals surface area contributed by atoms with Crippen molar-refractivity contribution in [2.75, 3.05) is 6.61 Å². The van der Waals surface area contributed by atoms with Gasteiger partial charge in [-0.2, -0.15) is 0 Å². The van der Waals surface area contributed by atoms with Gasteiger partial charge in [-0.25, -0.2) is 4.79 Å². The van der Waals surface area contributed by atoms with Crippen LogP contribution in [0.25, 0.3) is 0 Å². The molecule has 4 N–H and O–H groups in total. The van der Waals surface area contributed by atoms with Gasteiger partial charge in [0, 0.05) is 5.56 Å². The summed E-state index contributed by atoms with van der Waals surface area (Å²) >= 11 is 0. The Morgan fingerprint density at radius 1 is 1.42 bits per heavy atom. The third kappa shape index (κ3) is 3.01. The molecule has 1 aliphatic carbocycles. The van der Waals surface area contributed by atoms with Gasteiger partial charge in [0.25, 0.3) is 5.91 Å². The summed E-state index contributed by atoms with van der Waals surface area (Å²) in [6.45, 7) is -0.289. The van der Waals surface area contributed by atoms with E-state index in [0.717, 1.165) is 17.5 Å². The molecule has 0 atom stereocenters. The molecular weight excluding hydrogens is 250 g/mol. The number of hydrogen-bond acceptors (Lipinski definition) is 5. The quantitative estimate of drug-likeness (QED) is 0.540. The maximum Gasteiger partial charge on any atom is 0.318 e. The molecule has 1 aromatic carbocycles. The van der Waals surface area contributed by atoms with Crippen LogP contribution in [0.4, 0.5) is 4.79 Å². The van der Waals surface area contributed by atoms with E-state index >= 15 is 0 Å². The maximum absolute atomic E-state index is 11.2. The fourth-order valence-electron chi connectivity index (χ4n) is 1.96. The molecule has 0 fully saturated rings. The van der Waals surface area contributed by atoms with Crippen LogP contribution in [-0.2, 0) is 11.2 Å². The second kappa shape index (κ2) is 5.38. The second-order valence-electron chi connectivity index (χ2n) is 4.07. The van der Waals surface area contributed by atoms with Crippen molar-refractivity contribution in [3.05, 3.63) is 29.3 Å². The van der Waals surface area contributed by atoms with E-state index in [1.165, 1.54) is 0 Å². The molecule has 0 radical (unpaired) electrons. The van der Waals surface area contributed by atoms with Crippen LogP contribution < -0.4 is 15.8 Å². The van der Waals surface area contributed by atoms with Gasteiger partial charge in [0.05, 0.1) is 5.71 Å². The van der Waals surface area contributed by atoms with E-state index in [1.807, 2.05) is 5.32 Å².